The fourth-order valence-electron chi connectivity index (χ4n) is 8.26. The van der Waals surface area contributed by atoms with Gasteiger partial charge in [-0.2, -0.15) is 0 Å². The van der Waals surface area contributed by atoms with Crippen molar-refractivity contribution < 1.29 is 4.74 Å². The third-order valence-corrected chi connectivity index (χ3v) is 10.8. The van der Waals surface area contributed by atoms with E-state index in [1.807, 2.05) is 12.1 Å². The van der Waals surface area contributed by atoms with Crippen LogP contribution in [0.25, 0.3) is 33.0 Å². The lowest BCUT2D eigenvalue weighted by molar-refractivity contribution is 0.477. The lowest BCUT2D eigenvalue weighted by atomic mass is 9.82. The van der Waals surface area contributed by atoms with Gasteiger partial charge in [0.2, 0.25) is 0 Å². The van der Waals surface area contributed by atoms with Gasteiger partial charge in [0.25, 0.3) is 0 Å². The van der Waals surface area contributed by atoms with Gasteiger partial charge in [0, 0.05) is 27.9 Å². The highest BCUT2D eigenvalue weighted by atomic mass is 16.5. The van der Waals surface area contributed by atoms with Crippen LogP contribution in [0.2, 0.25) is 0 Å². The highest BCUT2D eigenvalue weighted by Crippen LogP contribution is 2.53. The molecule has 8 aromatic carbocycles. The summed E-state index contributed by atoms with van der Waals surface area (Å²) >= 11 is 0. The van der Waals surface area contributed by atoms with Crippen molar-refractivity contribution in [1.29, 1.82) is 0 Å². The highest BCUT2D eigenvalue weighted by molar-refractivity contribution is 5.99. The molecule has 10 rings (SSSR count). The second-order valence-electron chi connectivity index (χ2n) is 14.2. The summed E-state index contributed by atoms with van der Waals surface area (Å²) in [5.41, 5.74) is 14.1. The largest absolute Gasteiger partial charge is 0.453 e. The van der Waals surface area contributed by atoms with Crippen molar-refractivity contribution in [3.8, 4) is 33.8 Å². The fourth-order valence-corrected chi connectivity index (χ4v) is 8.26. The number of anilines is 6. The molecule has 3 nitrogen and oxygen atoms in total. The van der Waals surface area contributed by atoms with Crippen LogP contribution in [0.1, 0.15) is 25.0 Å². The number of fused-ring (bicyclic) bond motifs is 6. The minimum Gasteiger partial charge on any atom is -0.453 e. The molecule has 0 N–H and O–H groups in total. The Bertz CT molecular complexity index is 2640. The van der Waals surface area contributed by atoms with Crippen LogP contribution in [-0.4, -0.2) is 0 Å². The van der Waals surface area contributed by atoms with E-state index >= 15 is 0 Å². The molecule has 0 saturated heterocycles. The van der Waals surface area contributed by atoms with Gasteiger partial charge in [0.15, 0.2) is 11.5 Å². The molecule has 1 aliphatic carbocycles. The van der Waals surface area contributed by atoms with Crippen molar-refractivity contribution in [3.05, 3.63) is 193 Å². The van der Waals surface area contributed by atoms with Crippen molar-refractivity contribution in [3.63, 3.8) is 0 Å². The topological polar surface area (TPSA) is 15.7 Å². The molecule has 0 fully saturated rings. The van der Waals surface area contributed by atoms with Gasteiger partial charge in [-0.15, -0.1) is 0 Å². The maximum Gasteiger partial charge on any atom is 0.152 e. The molecule has 1 aliphatic heterocycles. The summed E-state index contributed by atoms with van der Waals surface area (Å²) in [5.74, 6) is 1.68. The van der Waals surface area contributed by atoms with Crippen molar-refractivity contribution in [2.75, 3.05) is 9.80 Å². The van der Waals surface area contributed by atoms with Gasteiger partial charge < -0.3 is 14.5 Å². The summed E-state index contributed by atoms with van der Waals surface area (Å²) in [6.45, 7) is 4.69. The zero-order valence-electron chi connectivity index (χ0n) is 29.1. The summed E-state index contributed by atoms with van der Waals surface area (Å²) in [6, 6.07) is 65.3. The molecule has 0 bridgehead atoms. The Morgan fingerprint density at radius 3 is 2.04 bits per heavy atom. The van der Waals surface area contributed by atoms with E-state index < -0.39 is 0 Å². The first kappa shape index (κ1) is 30.3. The monoisotopic (exact) mass is 668 g/mol. The van der Waals surface area contributed by atoms with Gasteiger partial charge in [-0.3, -0.25) is 0 Å². The number of nitrogens with zero attached hydrogens (tertiary/aromatic N) is 2. The first-order chi connectivity index (χ1) is 25.5. The molecular weight excluding hydrogens is 633 g/mol. The van der Waals surface area contributed by atoms with Crippen LogP contribution in [0.4, 0.5) is 34.1 Å². The molecule has 0 amide bonds. The van der Waals surface area contributed by atoms with Crippen LogP contribution < -0.4 is 14.5 Å². The fraction of sp³-hybridized carbons (Fsp3) is 0.0612. The van der Waals surface area contributed by atoms with E-state index in [0.29, 0.717) is 0 Å². The maximum atomic E-state index is 6.54. The second-order valence-corrected chi connectivity index (χ2v) is 14.2. The third kappa shape index (κ3) is 4.74. The molecular formula is C49H36N2O. The lowest BCUT2D eigenvalue weighted by Gasteiger charge is -2.33. The number of hydrogen-bond donors (Lipinski definition) is 0. The molecule has 248 valence electrons. The molecule has 1 heterocycles. The maximum absolute atomic E-state index is 6.54. The molecule has 0 unspecified atom stereocenters. The first-order valence-corrected chi connectivity index (χ1v) is 17.9. The van der Waals surface area contributed by atoms with Gasteiger partial charge in [0.05, 0.1) is 17.1 Å². The quantitative estimate of drug-likeness (QED) is 0.182. The highest BCUT2D eigenvalue weighted by Gasteiger charge is 2.36. The van der Waals surface area contributed by atoms with Crippen LogP contribution in [0.5, 0.6) is 11.5 Å². The molecule has 8 aromatic rings. The van der Waals surface area contributed by atoms with E-state index in [0.717, 1.165) is 56.8 Å². The Morgan fingerprint density at radius 2 is 1.15 bits per heavy atom. The number of benzene rings is 8. The average molecular weight is 669 g/mol. The Kier molecular flexibility index (Phi) is 6.84. The third-order valence-electron chi connectivity index (χ3n) is 10.8. The normalized spacial score (nSPS) is 13.5. The van der Waals surface area contributed by atoms with Crippen LogP contribution >= 0.6 is 0 Å². The summed E-state index contributed by atoms with van der Waals surface area (Å²) in [7, 11) is 0. The van der Waals surface area contributed by atoms with Crippen LogP contribution in [0.3, 0.4) is 0 Å². The number of ether oxygens (including phenoxy) is 1. The standard InChI is InChI=1S/C49H36N2O/c1-49(2)42-19-9-8-18-40(42)41-29-28-38(32-43(41)49)50(44-21-12-14-34-13-6-7-17-39(34)44)37-26-23-33(24-27-37)35-25-30-46-48(31-35)52-47-22-11-10-20-45(47)51(46)36-15-4-3-5-16-36/h3-32H,1-2H3. The molecule has 0 saturated carbocycles. The van der Waals surface area contributed by atoms with Crippen LogP contribution in [0, 0.1) is 0 Å². The van der Waals surface area contributed by atoms with E-state index in [1.54, 1.807) is 0 Å². The van der Waals surface area contributed by atoms with Crippen molar-refractivity contribution in [1.82, 2.24) is 0 Å². The second kappa shape index (κ2) is 11.8. The van der Waals surface area contributed by atoms with E-state index in [1.165, 1.54) is 33.0 Å². The first-order valence-electron chi connectivity index (χ1n) is 17.9. The van der Waals surface area contributed by atoms with Crippen LogP contribution in [0.15, 0.2) is 182 Å². The zero-order valence-corrected chi connectivity index (χ0v) is 29.1. The molecule has 0 spiro atoms. The molecule has 52 heavy (non-hydrogen) atoms. The van der Waals surface area contributed by atoms with Gasteiger partial charge >= 0.3 is 0 Å². The number of hydrogen-bond acceptors (Lipinski definition) is 3. The van der Waals surface area contributed by atoms with Crippen molar-refractivity contribution >= 4 is 44.9 Å². The predicted molar refractivity (Wildman–Crippen MR) is 216 cm³/mol. The van der Waals surface area contributed by atoms with E-state index in [9.17, 15) is 0 Å². The smallest absolute Gasteiger partial charge is 0.152 e. The van der Waals surface area contributed by atoms with Gasteiger partial charge in [-0.05, 0) is 105 Å². The molecule has 3 heteroatoms. The summed E-state index contributed by atoms with van der Waals surface area (Å²) in [4.78, 5) is 4.69. The Labute approximate surface area is 304 Å². The minimum atomic E-state index is -0.0959. The van der Waals surface area contributed by atoms with E-state index in [-0.39, 0.29) is 5.41 Å². The molecule has 2 aliphatic rings. The van der Waals surface area contributed by atoms with Gasteiger partial charge in [0.1, 0.15) is 0 Å². The summed E-state index contributed by atoms with van der Waals surface area (Å²) < 4.78 is 6.54. The molecule has 0 atom stereocenters. The number of rotatable bonds is 5. The van der Waals surface area contributed by atoms with Gasteiger partial charge in [-0.1, -0.05) is 129 Å². The lowest BCUT2D eigenvalue weighted by Crippen LogP contribution is -2.16. The Balaban J connectivity index is 1.07. The Morgan fingerprint density at radius 1 is 0.481 bits per heavy atom. The zero-order chi connectivity index (χ0) is 34.8. The molecule has 0 radical (unpaired) electrons. The van der Waals surface area contributed by atoms with E-state index in [4.69, 9.17) is 4.74 Å². The Hall–Kier alpha value is -6.58. The number of para-hydroxylation sites is 3. The summed E-state index contributed by atoms with van der Waals surface area (Å²) in [5, 5.41) is 2.43. The minimum absolute atomic E-state index is 0.0959. The van der Waals surface area contributed by atoms with Crippen molar-refractivity contribution in [2.45, 2.75) is 19.3 Å². The summed E-state index contributed by atoms with van der Waals surface area (Å²) in [6.07, 6.45) is 0. The predicted octanol–water partition coefficient (Wildman–Crippen LogP) is 13.9. The van der Waals surface area contributed by atoms with Crippen LogP contribution in [-0.2, 0) is 5.41 Å². The van der Waals surface area contributed by atoms with Crippen molar-refractivity contribution in [2.24, 2.45) is 0 Å². The SMILES string of the molecule is CC1(C)c2ccccc2-c2ccc(N(c3ccc(-c4ccc5c(c4)Oc4ccccc4N5c4ccccc4)cc3)c3cccc4ccccc34)cc21. The average Bonchev–Trinajstić information content (AvgIpc) is 3.43. The van der Waals surface area contributed by atoms with Gasteiger partial charge in [-0.25, -0.2) is 0 Å². The van der Waals surface area contributed by atoms with E-state index in [2.05, 4.69) is 194 Å². The molecule has 0 aromatic heterocycles.